The van der Waals surface area contributed by atoms with Gasteiger partial charge >= 0.3 is 0 Å². The van der Waals surface area contributed by atoms with Gasteiger partial charge in [-0.2, -0.15) is 0 Å². The number of benzene rings is 2. The van der Waals surface area contributed by atoms with Crippen LogP contribution in [0.2, 0.25) is 0 Å². The molecule has 0 saturated carbocycles. The van der Waals surface area contributed by atoms with E-state index in [9.17, 15) is 0 Å². The molecule has 17 heavy (non-hydrogen) atoms. The molecule has 0 atom stereocenters. The van der Waals surface area contributed by atoms with Crippen molar-refractivity contribution in [3.8, 4) is 22.4 Å². The molecule has 2 aromatic carbocycles. The fourth-order valence-corrected chi connectivity index (χ4v) is 1.86. The molecular formula is C14H10N2O. The van der Waals surface area contributed by atoms with Gasteiger partial charge in [0.05, 0.1) is 0 Å². The number of rotatable bonds is 2. The van der Waals surface area contributed by atoms with E-state index in [0.717, 1.165) is 22.4 Å². The summed E-state index contributed by atoms with van der Waals surface area (Å²) in [5.41, 5.74) is 4.07. The summed E-state index contributed by atoms with van der Waals surface area (Å²) >= 11 is 0. The van der Waals surface area contributed by atoms with Crippen molar-refractivity contribution in [1.29, 1.82) is 0 Å². The lowest BCUT2D eigenvalue weighted by Gasteiger charge is -2.06. The first kappa shape index (κ1) is 9.78. The van der Waals surface area contributed by atoms with E-state index in [0.29, 0.717) is 0 Å². The molecule has 82 valence electrons. The summed E-state index contributed by atoms with van der Waals surface area (Å²) in [4.78, 5) is 0. The molecule has 0 aliphatic rings. The quantitative estimate of drug-likeness (QED) is 0.667. The van der Waals surface area contributed by atoms with Crippen LogP contribution in [0.15, 0.2) is 65.4 Å². The van der Waals surface area contributed by atoms with E-state index >= 15 is 0 Å². The van der Waals surface area contributed by atoms with Gasteiger partial charge in [0.1, 0.15) is 5.69 Å². The van der Waals surface area contributed by atoms with Crippen LogP contribution in [-0.4, -0.2) is 10.4 Å². The standard InChI is InChI=1S/C14H10N2O/c1-2-6-11(7-3-1)12-8-4-5-9-13(12)14-10-17-16-15-14/h1-10H. The van der Waals surface area contributed by atoms with Crippen LogP contribution < -0.4 is 0 Å². The van der Waals surface area contributed by atoms with Crippen molar-refractivity contribution in [1.82, 2.24) is 10.4 Å². The molecule has 3 rings (SSSR count). The van der Waals surface area contributed by atoms with Crippen LogP contribution in [0, 0.1) is 0 Å². The van der Waals surface area contributed by atoms with E-state index in [1.54, 1.807) is 6.26 Å². The fraction of sp³-hybridized carbons (Fsp3) is 0. The van der Waals surface area contributed by atoms with Crippen LogP contribution >= 0.6 is 0 Å². The molecule has 0 aliphatic carbocycles. The summed E-state index contributed by atoms with van der Waals surface area (Å²) < 4.78 is 4.80. The Kier molecular flexibility index (Phi) is 2.43. The third kappa shape index (κ3) is 1.83. The smallest absolute Gasteiger partial charge is 0.152 e. The van der Waals surface area contributed by atoms with Gasteiger partial charge in [-0.1, -0.05) is 54.6 Å². The lowest BCUT2D eigenvalue weighted by molar-refractivity contribution is 0.393. The van der Waals surface area contributed by atoms with Gasteiger partial charge in [-0.3, -0.25) is 0 Å². The Morgan fingerprint density at radius 3 is 2.18 bits per heavy atom. The second-order valence-electron chi connectivity index (χ2n) is 3.70. The average molecular weight is 222 g/mol. The van der Waals surface area contributed by atoms with Crippen LogP contribution in [-0.2, 0) is 0 Å². The number of nitrogens with zero attached hydrogens (tertiary/aromatic N) is 2. The normalized spacial score (nSPS) is 10.4. The third-order valence-electron chi connectivity index (χ3n) is 2.65. The first-order chi connectivity index (χ1) is 8.45. The van der Waals surface area contributed by atoms with Crippen molar-refractivity contribution >= 4 is 0 Å². The highest BCUT2D eigenvalue weighted by Crippen LogP contribution is 2.30. The number of hydrogen-bond donors (Lipinski definition) is 0. The predicted octanol–water partition coefficient (Wildman–Crippen LogP) is 3.40. The van der Waals surface area contributed by atoms with E-state index in [2.05, 4.69) is 28.6 Å². The molecule has 0 aliphatic heterocycles. The summed E-state index contributed by atoms with van der Waals surface area (Å²) in [6, 6.07) is 18.3. The molecule has 3 aromatic rings. The topological polar surface area (TPSA) is 38.9 Å². The molecule has 0 saturated heterocycles. The average Bonchev–Trinajstić information content (AvgIpc) is 2.94. The highest BCUT2D eigenvalue weighted by atomic mass is 16.5. The lowest BCUT2D eigenvalue weighted by Crippen LogP contribution is -1.84. The first-order valence-corrected chi connectivity index (χ1v) is 5.37. The van der Waals surface area contributed by atoms with Crippen LogP contribution in [0.1, 0.15) is 0 Å². The maximum atomic E-state index is 4.80. The van der Waals surface area contributed by atoms with Gasteiger partial charge in [-0.25, -0.2) is 0 Å². The molecule has 0 N–H and O–H groups in total. The van der Waals surface area contributed by atoms with E-state index in [4.69, 9.17) is 4.52 Å². The highest BCUT2D eigenvalue weighted by molar-refractivity contribution is 5.81. The number of hydrogen-bond acceptors (Lipinski definition) is 3. The van der Waals surface area contributed by atoms with E-state index in [1.165, 1.54) is 0 Å². The summed E-state index contributed by atoms with van der Waals surface area (Å²) in [7, 11) is 0. The van der Waals surface area contributed by atoms with Crippen molar-refractivity contribution in [2.75, 3.05) is 0 Å². The Labute approximate surface area is 98.7 Å². The highest BCUT2D eigenvalue weighted by Gasteiger charge is 2.08. The van der Waals surface area contributed by atoms with Crippen molar-refractivity contribution in [2.24, 2.45) is 0 Å². The van der Waals surface area contributed by atoms with Gasteiger partial charge in [0, 0.05) is 10.8 Å². The van der Waals surface area contributed by atoms with E-state index in [-0.39, 0.29) is 0 Å². The molecule has 0 spiro atoms. The summed E-state index contributed by atoms with van der Waals surface area (Å²) in [5.74, 6) is 0. The summed E-state index contributed by atoms with van der Waals surface area (Å²) in [5, 5.41) is 7.46. The Morgan fingerprint density at radius 1 is 0.765 bits per heavy atom. The van der Waals surface area contributed by atoms with Crippen molar-refractivity contribution < 1.29 is 4.52 Å². The van der Waals surface area contributed by atoms with Gasteiger partial charge in [-0.05, 0) is 11.1 Å². The Balaban J connectivity index is 2.18. The minimum absolute atomic E-state index is 0.754. The van der Waals surface area contributed by atoms with Gasteiger partial charge < -0.3 is 4.52 Å². The lowest BCUT2D eigenvalue weighted by atomic mass is 9.98. The van der Waals surface area contributed by atoms with E-state index in [1.807, 2.05) is 36.4 Å². The largest absolute Gasteiger partial charge is 0.345 e. The van der Waals surface area contributed by atoms with Crippen LogP contribution in [0.4, 0.5) is 0 Å². The zero-order chi connectivity index (χ0) is 11.5. The summed E-state index contributed by atoms with van der Waals surface area (Å²) in [6.07, 6.45) is 1.56. The van der Waals surface area contributed by atoms with Gasteiger partial charge in [0.2, 0.25) is 0 Å². The molecule has 3 heteroatoms. The zero-order valence-corrected chi connectivity index (χ0v) is 9.08. The molecule has 0 fully saturated rings. The molecule has 1 heterocycles. The maximum absolute atomic E-state index is 4.80. The van der Waals surface area contributed by atoms with Crippen LogP contribution in [0.5, 0.6) is 0 Å². The minimum atomic E-state index is 0.754. The fourth-order valence-electron chi connectivity index (χ4n) is 1.86. The van der Waals surface area contributed by atoms with Crippen LogP contribution in [0.3, 0.4) is 0 Å². The minimum Gasteiger partial charge on any atom is -0.345 e. The van der Waals surface area contributed by atoms with Crippen LogP contribution in [0.25, 0.3) is 22.4 Å². The zero-order valence-electron chi connectivity index (χ0n) is 9.08. The van der Waals surface area contributed by atoms with Crippen molar-refractivity contribution in [2.45, 2.75) is 0 Å². The molecule has 0 bridgehead atoms. The molecular weight excluding hydrogens is 212 g/mol. The van der Waals surface area contributed by atoms with Gasteiger partial charge in [0.25, 0.3) is 0 Å². The van der Waals surface area contributed by atoms with E-state index < -0.39 is 0 Å². The second kappa shape index (κ2) is 4.22. The molecule has 0 amide bonds. The summed E-state index contributed by atoms with van der Waals surface area (Å²) in [6.45, 7) is 0. The number of aromatic nitrogens is 2. The SMILES string of the molecule is c1ccc(-c2ccccc2-c2conn2)cc1. The molecule has 1 aromatic heterocycles. The third-order valence-corrected chi connectivity index (χ3v) is 2.65. The molecule has 3 nitrogen and oxygen atoms in total. The first-order valence-electron chi connectivity index (χ1n) is 5.37. The Morgan fingerprint density at radius 2 is 1.47 bits per heavy atom. The Hall–Kier alpha value is -2.42. The maximum Gasteiger partial charge on any atom is 0.152 e. The van der Waals surface area contributed by atoms with Crippen molar-refractivity contribution in [3.05, 3.63) is 60.9 Å². The van der Waals surface area contributed by atoms with Crippen molar-refractivity contribution in [3.63, 3.8) is 0 Å². The van der Waals surface area contributed by atoms with Gasteiger partial charge in [0.15, 0.2) is 6.26 Å². The van der Waals surface area contributed by atoms with Gasteiger partial charge in [-0.15, -0.1) is 5.10 Å². The Bertz CT molecular complexity index is 603. The second-order valence-corrected chi connectivity index (χ2v) is 3.70. The molecule has 0 radical (unpaired) electrons. The molecule has 0 unspecified atom stereocenters. The predicted molar refractivity (Wildman–Crippen MR) is 65.2 cm³/mol. The monoisotopic (exact) mass is 222 g/mol.